The smallest absolute Gasteiger partial charge is 0.173 e. The van der Waals surface area contributed by atoms with Crippen LogP contribution in [0.2, 0.25) is 0 Å². The van der Waals surface area contributed by atoms with Crippen molar-refractivity contribution in [1.29, 1.82) is 0 Å². The van der Waals surface area contributed by atoms with Gasteiger partial charge < -0.3 is 10.2 Å². The van der Waals surface area contributed by atoms with Crippen LogP contribution in [0.4, 0.5) is 5.69 Å². The molecule has 104 valence electrons. The molecule has 0 radical (unpaired) electrons. The quantitative estimate of drug-likeness (QED) is 0.833. The van der Waals surface area contributed by atoms with E-state index in [1.807, 2.05) is 0 Å². The molecule has 0 saturated heterocycles. The first-order valence-corrected chi connectivity index (χ1v) is 7.74. The van der Waals surface area contributed by atoms with E-state index in [0.29, 0.717) is 6.04 Å². The van der Waals surface area contributed by atoms with Crippen LogP contribution >= 0.6 is 12.2 Å². The van der Waals surface area contributed by atoms with E-state index in [0.717, 1.165) is 17.2 Å². The Kier molecular flexibility index (Phi) is 5.20. The van der Waals surface area contributed by atoms with E-state index < -0.39 is 0 Å². The van der Waals surface area contributed by atoms with Gasteiger partial charge in [-0.15, -0.1) is 0 Å². The van der Waals surface area contributed by atoms with Gasteiger partial charge in [0.05, 0.1) is 0 Å². The Morgan fingerprint density at radius 3 is 2.42 bits per heavy atom. The average Bonchev–Trinajstić information content (AvgIpc) is 2.48. The van der Waals surface area contributed by atoms with E-state index in [4.69, 9.17) is 12.2 Å². The number of benzene rings is 1. The summed E-state index contributed by atoms with van der Waals surface area (Å²) < 4.78 is 0. The summed E-state index contributed by atoms with van der Waals surface area (Å²) in [5.41, 5.74) is 2.45. The summed E-state index contributed by atoms with van der Waals surface area (Å²) in [5.74, 6) is 0. The Hall–Kier alpha value is -1.09. The van der Waals surface area contributed by atoms with E-state index in [-0.39, 0.29) is 0 Å². The lowest BCUT2D eigenvalue weighted by Crippen LogP contribution is -2.40. The van der Waals surface area contributed by atoms with Gasteiger partial charge in [0, 0.05) is 18.8 Å². The number of hydrogen-bond donors (Lipinski definition) is 1. The number of aryl methyl sites for hydroxylation is 1. The lowest BCUT2D eigenvalue weighted by Gasteiger charge is -2.33. The van der Waals surface area contributed by atoms with Crippen LogP contribution < -0.4 is 5.32 Å². The van der Waals surface area contributed by atoms with Crippen molar-refractivity contribution in [2.75, 3.05) is 12.4 Å². The second kappa shape index (κ2) is 6.90. The summed E-state index contributed by atoms with van der Waals surface area (Å²) >= 11 is 5.52. The predicted octanol–water partition coefficient (Wildman–Crippen LogP) is 4.21. The van der Waals surface area contributed by atoms with Gasteiger partial charge in [0.2, 0.25) is 0 Å². The van der Waals surface area contributed by atoms with Crippen LogP contribution in [-0.4, -0.2) is 23.1 Å². The molecule has 2 nitrogen and oxygen atoms in total. The molecular weight excluding hydrogens is 252 g/mol. The van der Waals surface area contributed by atoms with Crippen LogP contribution in [0.5, 0.6) is 0 Å². The summed E-state index contributed by atoms with van der Waals surface area (Å²) in [4.78, 5) is 2.24. The second-order valence-corrected chi connectivity index (χ2v) is 5.77. The number of hydrogen-bond acceptors (Lipinski definition) is 1. The zero-order valence-corrected chi connectivity index (χ0v) is 12.8. The molecule has 1 aliphatic rings. The molecular formula is C16H24N2S. The molecule has 1 saturated carbocycles. The van der Waals surface area contributed by atoms with Gasteiger partial charge in [0.1, 0.15) is 0 Å². The predicted molar refractivity (Wildman–Crippen MR) is 86.7 cm³/mol. The first-order valence-electron chi connectivity index (χ1n) is 7.33. The van der Waals surface area contributed by atoms with Crippen molar-refractivity contribution in [3.8, 4) is 0 Å². The molecule has 0 atom stereocenters. The normalized spacial score (nSPS) is 16.1. The van der Waals surface area contributed by atoms with Crippen LogP contribution in [0.25, 0.3) is 0 Å². The Morgan fingerprint density at radius 2 is 1.84 bits per heavy atom. The van der Waals surface area contributed by atoms with Crippen molar-refractivity contribution in [3.05, 3.63) is 29.8 Å². The van der Waals surface area contributed by atoms with E-state index in [9.17, 15) is 0 Å². The SMILES string of the molecule is CCc1ccc(NC(=S)N(C)C2CCCCC2)cc1. The van der Waals surface area contributed by atoms with Crippen LogP contribution in [0, 0.1) is 0 Å². The molecule has 1 aromatic rings. The molecule has 1 aromatic carbocycles. The second-order valence-electron chi connectivity index (χ2n) is 5.38. The third-order valence-electron chi connectivity index (χ3n) is 4.06. The maximum atomic E-state index is 5.52. The van der Waals surface area contributed by atoms with Crippen molar-refractivity contribution in [2.45, 2.75) is 51.5 Å². The van der Waals surface area contributed by atoms with Crippen LogP contribution in [-0.2, 0) is 6.42 Å². The largest absolute Gasteiger partial charge is 0.349 e. The minimum absolute atomic E-state index is 0.615. The van der Waals surface area contributed by atoms with Gasteiger partial charge in [0.25, 0.3) is 0 Å². The van der Waals surface area contributed by atoms with Gasteiger partial charge in [-0.3, -0.25) is 0 Å². The molecule has 1 aliphatic carbocycles. The maximum absolute atomic E-state index is 5.52. The molecule has 2 rings (SSSR count). The van der Waals surface area contributed by atoms with E-state index in [1.54, 1.807) is 0 Å². The van der Waals surface area contributed by atoms with Crippen LogP contribution in [0.1, 0.15) is 44.6 Å². The fraction of sp³-hybridized carbons (Fsp3) is 0.562. The fourth-order valence-electron chi connectivity index (χ4n) is 2.67. The summed E-state index contributed by atoms with van der Waals surface area (Å²) in [7, 11) is 2.12. The molecule has 3 heteroatoms. The molecule has 19 heavy (non-hydrogen) atoms. The van der Waals surface area contributed by atoms with Crippen molar-refractivity contribution < 1.29 is 0 Å². The number of thiocarbonyl (C=S) groups is 1. The Balaban J connectivity index is 1.91. The maximum Gasteiger partial charge on any atom is 0.173 e. The Bertz CT molecular complexity index is 407. The molecule has 0 aliphatic heterocycles. The molecule has 0 aromatic heterocycles. The average molecular weight is 276 g/mol. The van der Waals surface area contributed by atoms with Crippen molar-refractivity contribution in [3.63, 3.8) is 0 Å². The van der Waals surface area contributed by atoms with E-state index in [2.05, 4.69) is 48.5 Å². The first kappa shape index (κ1) is 14.3. The fourth-order valence-corrected chi connectivity index (χ4v) is 2.94. The summed E-state index contributed by atoms with van der Waals surface area (Å²) in [6.45, 7) is 2.17. The van der Waals surface area contributed by atoms with Gasteiger partial charge in [-0.25, -0.2) is 0 Å². The van der Waals surface area contributed by atoms with Crippen molar-refractivity contribution >= 4 is 23.0 Å². The number of nitrogens with zero attached hydrogens (tertiary/aromatic N) is 1. The Morgan fingerprint density at radius 1 is 1.21 bits per heavy atom. The topological polar surface area (TPSA) is 15.3 Å². The standard InChI is InChI=1S/C16H24N2S/c1-3-13-9-11-14(12-10-13)17-16(19)18(2)15-7-5-4-6-8-15/h9-12,15H,3-8H2,1-2H3,(H,17,19). The minimum Gasteiger partial charge on any atom is -0.349 e. The highest BCUT2D eigenvalue weighted by atomic mass is 32.1. The highest BCUT2D eigenvalue weighted by molar-refractivity contribution is 7.80. The van der Waals surface area contributed by atoms with Crippen LogP contribution in [0.15, 0.2) is 24.3 Å². The van der Waals surface area contributed by atoms with Crippen molar-refractivity contribution in [2.24, 2.45) is 0 Å². The zero-order chi connectivity index (χ0) is 13.7. The van der Waals surface area contributed by atoms with Crippen molar-refractivity contribution in [1.82, 2.24) is 4.90 Å². The minimum atomic E-state index is 0.615. The van der Waals surface area contributed by atoms with Gasteiger partial charge >= 0.3 is 0 Å². The highest BCUT2D eigenvalue weighted by Gasteiger charge is 2.19. The summed E-state index contributed by atoms with van der Waals surface area (Å²) in [6, 6.07) is 9.15. The Labute approximate surface area is 122 Å². The molecule has 0 heterocycles. The van der Waals surface area contributed by atoms with Gasteiger partial charge in [-0.2, -0.15) is 0 Å². The molecule has 1 fully saturated rings. The molecule has 0 amide bonds. The molecule has 0 unspecified atom stereocenters. The molecule has 0 bridgehead atoms. The third-order valence-corrected chi connectivity index (χ3v) is 4.45. The first-order chi connectivity index (χ1) is 9.20. The number of nitrogens with one attached hydrogen (secondary N) is 1. The number of rotatable bonds is 3. The number of anilines is 1. The van der Waals surface area contributed by atoms with Gasteiger partial charge in [0.15, 0.2) is 5.11 Å². The third kappa shape index (κ3) is 3.93. The summed E-state index contributed by atoms with van der Waals surface area (Å²) in [6.07, 6.45) is 7.67. The van der Waals surface area contributed by atoms with Crippen LogP contribution in [0.3, 0.4) is 0 Å². The monoisotopic (exact) mass is 276 g/mol. The van der Waals surface area contributed by atoms with Gasteiger partial charge in [-0.05, 0) is 49.2 Å². The molecule has 1 N–H and O–H groups in total. The highest BCUT2D eigenvalue weighted by Crippen LogP contribution is 2.22. The van der Waals surface area contributed by atoms with Gasteiger partial charge in [-0.1, -0.05) is 38.3 Å². The summed E-state index contributed by atoms with van der Waals surface area (Å²) in [5, 5.41) is 4.19. The lowest BCUT2D eigenvalue weighted by atomic mass is 9.95. The van der Waals surface area contributed by atoms with E-state index in [1.165, 1.54) is 37.7 Å². The molecule has 0 spiro atoms. The lowest BCUT2D eigenvalue weighted by molar-refractivity contribution is 0.281. The van der Waals surface area contributed by atoms with E-state index >= 15 is 0 Å². The zero-order valence-electron chi connectivity index (χ0n) is 12.0.